The van der Waals surface area contributed by atoms with Gasteiger partial charge in [-0.15, -0.1) is 23.2 Å². The summed E-state index contributed by atoms with van der Waals surface area (Å²) in [5, 5.41) is 0. The van der Waals surface area contributed by atoms with Gasteiger partial charge in [0.05, 0.1) is 0 Å². The molecule has 0 fully saturated rings. The number of rotatable bonds is 3. The van der Waals surface area contributed by atoms with E-state index in [1.807, 2.05) is 6.07 Å². The molecule has 2 heteroatoms. The quantitative estimate of drug-likeness (QED) is 0.705. The van der Waals surface area contributed by atoms with Crippen LogP contribution in [-0.2, 0) is 5.41 Å². The summed E-state index contributed by atoms with van der Waals surface area (Å²) in [6, 6.07) is 10.4. The summed E-state index contributed by atoms with van der Waals surface area (Å²) in [5.41, 5.74) is 2.42. The van der Waals surface area contributed by atoms with Crippen molar-refractivity contribution in [2.45, 2.75) is 11.8 Å². The molecule has 0 bridgehead atoms. The first-order valence-corrected chi connectivity index (χ1v) is 6.42. The lowest BCUT2D eigenvalue weighted by Crippen LogP contribution is -2.28. The summed E-state index contributed by atoms with van der Waals surface area (Å²) in [6.45, 7) is 0. The maximum Gasteiger partial charge on any atom is 0.0437 e. The fourth-order valence-electron chi connectivity index (χ4n) is 2.12. The molecule has 16 heavy (non-hydrogen) atoms. The largest absolute Gasteiger partial charge is 0.125 e. The van der Waals surface area contributed by atoms with Crippen molar-refractivity contribution in [3.8, 4) is 0 Å². The molecule has 0 nitrogen and oxygen atoms in total. The standard InChI is InChI=1S/C14H14Cl2/c15-10-12-5-4-8-14(9-12,11-16)13-6-2-1-3-7-13/h1-8H,9-11H2. The van der Waals surface area contributed by atoms with Crippen LogP contribution >= 0.6 is 23.2 Å². The third-order valence-electron chi connectivity index (χ3n) is 3.05. The van der Waals surface area contributed by atoms with Crippen molar-refractivity contribution in [3.05, 3.63) is 59.7 Å². The fourth-order valence-corrected chi connectivity index (χ4v) is 2.64. The number of hydrogen-bond donors (Lipinski definition) is 0. The van der Waals surface area contributed by atoms with Crippen molar-refractivity contribution in [1.29, 1.82) is 0 Å². The van der Waals surface area contributed by atoms with Crippen LogP contribution < -0.4 is 0 Å². The Balaban J connectivity index is 2.36. The second kappa shape index (κ2) is 5.07. The second-order valence-corrected chi connectivity index (χ2v) is 4.68. The summed E-state index contributed by atoms with van der Waals surface area (Å²) in [5.74, 6) is 1.16. The molecule has 1 unspecified atom stereocenters. The predicted molar refractivity (Wildman–Crippen MR) is 71.4 cm³/mol. The zero-order chi connectivity index (χ0) is 11.4. The van der Waals surface area contributed by atoms with Crippen molar-refractivity contribution in [3.63, 3.8) is 0 Å². The SMILES string of the molecule is ClCC1=CC=CC(CCl)(c2ccccc2)C1. The van der Waals surface area contributed by atoms with Crippen LogP contribution in [0.4, 0.5) is 0 Å². The van der Waals surface area contributed by atoms with E-state index in [0.29, 0.717) is 11.8 Å². The molecule has 0 spiro atoms. The van der Waals surface area contributed by atoms with Gasteiger partial charge in [0.1, 0.15) is 0 Å². The van der Waals surface area contributed by atoms with Crippen molar-refractivity contribution >= 4 is 23.2 Å². The van der Waals surface area contributed by atoms with E-state index in [9.17, 15) is 0 Å². The third-order valence-corrected chi connectivity index (χ3v) is 3.87. The number of hydrogen-bond acceptors (Lipinski definition) is 0. The first-order valence-electron chi connectivity index (χ1n) is 5.35. The monoisotopic (exact) mass is 252 g/mol. The van der Waals surface area contributed by atoms with Crippen LogP contribution in [0.1, 0.15) is 12.0 Å². The van der Waals surface area contributed by atoms with Crippen molar-refractivity contribution in [2.75, 3.05) is 11.8 Å². The lowest BCUT2D eigenvalue weighted by Gasteiger charge is -2.32. The molecular formula is C14H14Cl2. The van der Waals surface area contributed by atoms with E-state index in [0.717, 1.165) is 6.42 Å². The summed E-state index contributed by atoms with van der Waals surface area (Å²) in [6.07, 6.45) is 7.25. The Labute approximate surface area is 107 Å². The van der Waals surface area contributed by atoms with E-state index < -0.39 is 0 Å². The summed E-state index contributed by atoms with van der Waals surface area (Å²) < 4.78 is 0. The maximum atomic E-state index is 6.17. The summed E-state index contributed by atoms with van der Waals surface area (Å²) in [4.78, 5) is 0. The Morgan fingerprint density at radius 3 is 2.50 bits per heavy atom. The molecule has 1 atom stereocenters. The minimum atomic E-state index is -0.0816. The third kappa shape index (κ3) is 2.18. The van der Waals surface area contributed by atoms with Crippen molar-refractivity contribution in [1.82, 2.24) is 0 Å². The highest BCUT2D eigenvalue weighted by Crippen LogP contribution is 2.36. The van der Waals surface area contributed by atoms with Crippen LogP contribution in [0.2, 0.25) is 0 Å². The van der Waals surface area contributed by atoms with E-state index in [2.05, 4.69) is 42.5 Å². The van der Waals surface area contributed by atoms with E-state index >= 15 is 0 Å². The molecule has 0 aliphatic heterocycles. The highest BCUT2D eigenvalue weighted by Gasteiger charge is 2.30. The molecule has 84 valence electrons. The molecule has 1 aromatic carbocycles. The molecule has 0 heterocycles. The Bertz CT molecular complexity index is 406. The van der Waals surface area contributed by atoms with E-state index in [1.165, 1.54) is 11.1 Å². The van der Waals surface area contributed by atoms with Crippen LogP contribution in [0.3, 0.4) is 0 Å². The Hall–Kier alpha value is -0.720. The second-order valence-electron chi connectivity index (χ2n) is 4.15. The van der Waals surface area contributed by atoms with Crippen LogP contribution in [0.5, 0.6) is 0 Å². The molecule has 1 aliphatic rings. The van der Waals surface area contributed by atoms with Crippen LogP contribution in [0.15, 0.2) is 54.1 Å². The zero-order valence-electron chi connectivity index (χ0n) is 9.00. The molecule has 2 rings (SSSR count). The molecule has 0 radical (unpaired) electrons. The highest BCUT2D eigenvalue weighted by molar-refractivity contribution is 6.20. The minimum absolute atomic E-state index is 0.0816. The molecular weight excluding hydrogens is 239 g/mol. The van der Waals surface area contributed by atoms with Crippen LogP contribution in [0, 0.1) is 0 Å². The van der Waals surface area contributed by atoms with Crippen molar-refractivity contribution < 1.29 is 0 Å². The topological polar surface area (TPSA) is 0 Å². The highest BCUT2D eigenvalue weighted by atomic mass is 35.5. The van der Waals surface area contributed by atoms with Gasteiger partial charge in [-0.05, 0) is 12.0 Å². The lowest BCUT2D eigenvalue weighted by molar-refractivity contribution is 0.588. The van der Waals surface area contributed by atoms with Gasteiger partial charge in [-0.1, -0.05) is 54.1 Å². The Kier molecular flexibility index (Phi) is 3.73. The fraction of sp³-hybridized carbons (Fsp3) is 0.286. The van der Waals surface area contributed by atoms with Gasteiger partial charge in [0.25, 0.3) is 0 Å². The average molecular weight is 253 g/mol. The van der Waals surface area contributed by atoms with Crippen LogP contribution in [0.25, 0.3) is 0 Å². The number of halogens is 2. The molecule has 0 saturated carbocycles. The zero-order valence-corrected chi connectivity index (χ0v) is 10.5. The number of benzene rings is 1. The Morgan fingerprint density at radius 1 is 1.12 bits per heavy atom. The average Bonchev–Trinajstić information content (AvgIpc) is 2.39. The van der Waals surface area contributed by atoms with Gasteiger partial charge >= 0.3 is 0 Å². The lowest BCUT2D eigenvalue weighted by atomic mass is 9.75. The molecule has 0 saturated heterocycles. The Morgan fingerprint density at radius 2 is 1.88 bits per heavy atom. The van der Waals surface area contributed by atoms with E-state index in [-0.39, 0.29) is 5.41 Å². The number of allylic oxidation sites excluding steroid dienone is 4. The van der Waals surface area contributed by atoms with Gasteiger partial charge in [0.15, 0.2) is 0 Å². The van der Waals surface area contributed by atoms with Gasteiger partial charge < -0.3 is 0 Å². The molecule has 0 aromatic heterocycles. The van der Waals surface area contributed by atoms with Gasteiger partial charge in [-0.3, -0.25) is 0 Å². The summed E-state index contributed by atoms with van der Waals surface area (Å²) >= 11 is 12.1. The minimum Gasteiger partial charge on any atom is -0.125 e. The number of alkyl halides is 2. The molecule has 0 amide bonds. The maximum absolute atomic E-state index is 6.17. The van der Waals surface area contributed by atoms with Gasteiger partial charge in [0, 0.05) is 17.2 Å². The first-order chi connectivity index (χ1) is 7.80. The normalized spacial score (nSPS) is 24.2. The summed E-state index contributed by atoms with van der Waals surface area (Å²) in [7, 11) is 0. The molecule has 0 N–H and O–H groups in total. The molecule has 1 aliphatic carbocycles. The van der Waals surface area contributed by atoms with E-state index in [4.69, 9.17) is 23.2 Å². The van der Waals surface area contributed by atoms with Crippen LogP contribution in [-0.4, -0.2) is 11.8 Å². The van der Waals surface area contributed by atoms with Gasteiger partial charge in [-0.25, -0.2) is 0 Å². The van der Waals surface area contributed by atoms with E-state index in [1.54, 1.807) is 0 Å². The first kappa shape index (κ1) is 11.8. The van der Waals surface area contributed by atoms with Gasteiger partial charge in [-0.2, -0.15) is 0 Å². The predicted octanol–water partition coefficient (Wildman–Crippen LogP) is 4.29. The smallest absolute Gasteiger partial charge is 0.0437 e. The molecule has 1 aromatic rings. The van der Waals surface area contributed by atoms with Gasteiger partial charge in [0.2, 0.25) is 0 Å². The van der Waals surface area contributed by atoms with Crippen molar-refractivity contribution in [2.24, 2.45) is 0 Å².